The molecule has 0 aromatic heterocycles. The standard InChI is InChI=1S/C36H24FNO/c37-31-17-11-27(12-18-31)28-13-19-32(20-14-28)38-33-21-15-29(25-7-3-1-4-8-25)23-35(33)39-36-24-30(16-22-34(36)38)26-9-5-2-6-10-26/h1-24H. The highest BCUT2D eigenvalue weighted by atomic mass is 19.1. The number of hydrogen-bond acceptors (Lipinski definition) is 2. The highest BCUT2D eigenvalue weighted by Crippen LogP contribution is 2.52. The van der Waals surface area contributed by atoms with Crippen LogP contribution in [0, 0.1) is 5.82 Å². The number of anilines is 3. The Balaban J connectivity index is 1.34. The van der Waals surface area contributed by atoms with Crippen molar-refractivity contribution in [3.8, 4) is 44.9 Å². The van der Waals surface area contributed by atoms with Gasteiger partial charge in [-0.3, -0.25) is 0 Å². The van der Waals surface area contributed by atoms with Crippen LogP contribution in [0.4, 0.5) is 21.5 Å². The summed E-state index contributed by atoms with van der Waals surface area (Å²) < 4.78 is 20.0. The van der Waals surface area contributed by atoms with E-state index in [1.54, 1.807) is 12.1 Å². The van der Waals surface area contributed by atoms with Crippen molar-refractivity contribution < 1.29 is 9.13 Å². The Labute approximate surface area is 227 Å². The zero-order valence-corrected chi connectivity index (χ0v) is 21.1. The SMILES string of the molecule is Fc1ccc(-c2ccc(N3c4ccc(-c5ccccc5)cc4Oc4cc(-c5ccccc5)ccc43)cc2)cc1. The van der Waals surface area contributed by atoms with Crippen molar-refractivity contribution in [2.75, 3.05) is 4.90 Å². The van der Waals surface area contributed by atoms with Crippen LogP contribution in [0.25, 0.3) is 33.4 Å². The molecule has 1 aliphatic rings. The lowest BCUT2D eigenvalue weighted by molar-refractivity contribution is 0.477. The first kappa shape index (κ1) is 23.0. The fourth-order valence-electron chi connectivity index (χ4n) is 5.15. The second-order valence-electron chi connectivity index (χ2n) is 9.59. The maximum absolute atomic E-state index is 13.4. The van der Waals surface area contributed by atoms with Gasteiger partial charge >= 0.3 is 0 Å². The molecular weight excluding hydrogens is 481 g/mol. The first-order chi connectivity index (χ1) is 19.2. The molecule has 0 saturated carbocycles. The second-order valence-corrected chi connectivity index (χ2v) is 9.59. The van der Waals surface area contributed by atoms with E-state index >= 15 is 0 Å². The number of rotatable bonds is 4. The molecule has 0 atom stereocenters. The molecule has 0 amide bonds. The zero-order chi connectivity index (χ0) is 26.2. The van der Waals surface area contributed by atoms with E-state index in [0.29, 0.717) is 0 Å². The van der Waals surface area contributed by atoms with Crippen LogP contribution in [0.2, 0.25) is 0 Å². The summed E-state index contributed by atoms with van der Waals surface area (Å²) in [4.78, 5) is 2.24. The van der Waals surface area contributed by atoms with Gasteiger partial charge in [0, 0.05) is 5.69 Å². The van der Waals surface area contributed by atoms with Crippen molar-refractivity contribution >= 4 is 17.1 Å². The predicted octanol–water partition coefficient (Wildman–Crippen LogP) is 10.4. The van der Waals surface area contributed by atoms with E-state index in [1.807, 2.05) is 36.4 Å². The van der Waals surface area contributed by atoms with Gasteiger partial charge in [0.1, 0.15) is 5.82 Å². The van der Waals surface area contributed by atoms with Crippen molar-refractivity contribution in [2.24, 2.45) is 0 Å². The van der Waals surface area contributed by atoms with Crippen molar-refractivity contribution in [3.63, 3.8) is 0 Å². The molecule has 0 spiro atoms. The van der Waals surface area contributed by atoms with Crippen LogP contribution in [-0.4, -0.2) is 0 Å². The molecule has 1 heterocycles. The summed E-state index contributed by atoms with van der Waals surface area (Å²) in [7, 11) is 0. The molecule has 1 aliphatic heterocycles. The molecule has 6 aromatic rings. The number of hydrogen-bond donors (Lipinski definition) is 0. The number of benzene rings is 6. The van der Waals surface area contributed by atoms with E-state index < -0.39 is 0 Å². The normalized spacial score (nSPS) is 11.9. The van der Waals surface area contributed by atoms with Gasteiger partial charge in [0.05, 0.1) is 11.4 Å². The Morgan fingerprint density at radius 2 is 0.821 bits per heavy atom. The van der Waals surface area contributed by atoms with E-state index in [2.05, 4.69) is 89.8 Å². The lowest BCUT2D eigenvalue weighted by atomic mass is 10.0. The second kappa shape index (κ2) is 9.62. The van der Waals surface area contributed by atoms with Crippen molar-refractivity contribution in [2.45, 2.75) is 0 Å². The molecule has 7 rings (SSSR count). The largest absolute Gasteiger partial charge is 0.453 e. The maximum atomic E-state index is 13.4. The van der Waals surface area contributed by atoms with Crippen LogP contribution >= 0.6 is 0 Å². The molecule has 0 unspecified atom stereocenters. The quantitative estimate of drug-likeness (QED) is 0.236. The predicted molar refractivity (Wildman–Crippen MR) is 157 cm³/mol. The molecular formula is C36H24FNO. The molecule has 0 radical (unpaired) electrons. The van der Waals surface area contributed by atoms with Crippen LogP contribution in [0.5, 0.6) is 11.5 Å². The average Bonchev–Trinajstić information content (AvgIpc) is 3.01. The minimum atomic E-state index is -0.235. The van der Waals surface area contributed by atoms with Crippen LogP contribution in [0.1, 0.15) is 0 Å². The maximum Gasteiger partial charge on any atom is 0.152 e. The van der Waals surface area contributed by atoms with Gasteiger partial charge in [0.2, 0.25) is 0 Å². The molecule has 186 valence electrons. The van der Waals surface area contributed by atoms with E-state index in [-0.39, 0.29) is 5.82 Å². The van der Waals surface area contributed by atoms with E-state index in [9.17, 15) is 4.39 Å². The van der Waals surface area contributed by atoms with Crippen LogP contribution < -0.4 is 9.64 Å². The number of nitrogens with zero attached hydrogens (tertiary/aromatic N) is 1. The van der Waals surface area contributed by atoms with Gasteiger partial charge < -0.3 is 9.64 Å². The highest BCUT2D eigenvalue weighted by molar-refractivity contribution is 5.89. The minimum Gasteiger partial charge on any atom is -0.453 e. The average molecular weight is 506 g/mol. The Hall–Kier alpha value is -5.15. The van der Waals surface area contributed by atoms with Gasteiger partial charge in [0.15, 0.2) is 11.5 Å². The first-order valence-corrected chi connectivity index (χ1v) is 13.0. The lowest BCUT2D eigenvalue weighted by Crippen LogP contribution is -2.16. The lowest BCUT2D eigenvalue weighted by Gasteiger charge is -2.33. The van der Waals surface area contributed by atoms with Crippen molar-refractivity contribution in [1.29, 1.82) is 0 Å². The van der Waals surface area contributed by atoms with Gasteiger partial charge in [-0.05, 0) is 81.9 Å². The topological polar surface area (TPSA) is 12.5 Å². The number of halogens is 1. The Kier molecular flexibility index (Phi) is 5.68. The van der Waals surface area contributed by atoms with Gasteiger partial charge in [-0.25, -0.2) is 4.39 Å². The van der Waals surface area contributed by atoms with Crippen molar-refractivity contribution in [1.82, 2.24) is 0 Å². The van der Waals surface area contributed by atoms with Crippen LogP contribution in [0.15, 0.2) is 146 Å². The number of fused-ring (bicyclic) bond motifs is 2. The highest BCUT2D eigenvalue weighted by Gasteiger charge is 2.27. The summed E-state index contributed by atoms with van der Waals surface area (Å²) in [5.74, 6) is 1.37. The van der Waals surface area contributed by atoms with E-state index in [4.69, 9.17) is 4.74 Å². The van der Waals surface area contributed by atoms with Crippen molar-refractivity contribution in [3.05, 3.63) is 151 Å². The third-order valence-electron chi connectivity index (χ3n) is 7.14. The van der Waals surface area contributed by atoms with E-state index in [0.717, 1.165) is 61.9 Å². The third kappa shape index (κ3) is 4.34. The van der Waals surface area contributed by atoms with Gasteiger partial charge in [-0.15, -0.1) is 0 Å². The molecule has 39 heavy (non-hydrogen) atoms. The Bertz CT molecular complexity index is 1670. The summed E-state index contributed by atoms with van der Waals surface area (Å²) >= 11 is 0. The smallest absolute Gasteiger partial charge is 0.152 e. The zero-order valence-electron chi connectivity index (χ0n) is 21.1. The molecule has 0 N–H and O–H groups in total. The molecule has 3 heteroatoms. The first-order valence-electron chi connectivity index (χ1n) is 13.0. The minimum absolute atomic E-state index is 0.235. The van der Waals surface area contributed by atoms with E-state index in [1.165, 1.54) is 12.1 Å². The molecule has 0 saturated heterocycles. The molecule has 0 bridgehead atoms. The summed E-state index contributed by atoms with van der Waals surface area (Å²) in [5, 5.41) is 0. The fraction of sp³-hybridized carbons (Fsp3) is 0. The van der Waals surface area contributed by atoms with Crippen LogP contribution in [0.3, 0.4) is 0 Å². The summed E-state index contributed by atoms with van der Waals surface area (Å²) in [6.07, 6.45) is 0. The van der Waals surface area contributed by atoms with Gasteiger partial charge in [0.25, 0.3) is 0 Å². The fourth-order valence-corrected chi connectivity index (χ4v) is 5.15. The van der Waals surface area contributed by atoms with Gasteiger partial charge in [-0.2, -0.15) is 0 Å². The molecule has 0 fully saturated rings. The molecule has 2 nitrogen and oxygen atoms in total. The summed E-state index contributed by atoms with van der Waals surface area (Å²) in [6, 6.07) is 48.4. The Morgan fingerprint density at radius 1 is 0.410 bits per heavy atom. The number of ether oxygens (including phenoxy) is 1. The van der Waals surface area contributed by atoms with Gasteiger partial charge in [-0.1, -0.05) is 97.1 Å². The summed E-state index contributed by atoms with van der Waals surface area (Å²) in [5.41, 5.74) is 9.47. The summed E-state index contributed by atoms with van der Waals surface area (Å²) in [6.45, 7) is 0. The van der Waals surface area contributed by atoms with Crippen LogP contribution in [-0.2, 0) is 0 Å². The molecule has 6 aromatic carbocycles. The Morgan fingerprint density at radius 3 is 1.31 bits per heavy atom. The third-order valence-corrected chi connectivity index (χ3v) is 7.14. The molecule has 0 aliphatic carbocycles. The monoisotopic (exact) mass is 505 g/mol.